The van der Waals surface area contributed by atoms with Gasteiger partial charge in [0.2, 0.25) is 0 Å². The van der Waals surface area contributed by atoms with Crippen molar-refractivity contribution in [3.05, 3.63) is 65.2 Å². The molecule has 0 aliphatic heterocycles. The van der Waals surface area contributed by atoms with Crippen LogP contribution in [-0.4, -0.2) is 35.4 Å². The average molecular weight is 382 g/mol. The zero-order chi connectivity index (χ0) is 20.5. The molecule has 2 rings (SSSR count). The second-order valence-electron chi connectivity index (χ2n) is 5.73. The zero-order valence-corrected chi connectivity index (χ0v) is 15.7. The van der Waals surface area contributed by atoms with Crippen LogP contribution >= 0.6 is 0 Å². The zero-order valence-electron chi connectivity index (χ0n) is 15.7. The van der Waals surface area contributed by atoms with Gasteiger partial charge in [0, 0.05) is 11.6 Å². The van der Waals surface area contributed by atoms with Gasteiger partial charge in [-0.2, -0.15) is 0 Å². The van der Waals surface area contributed by atoms with E-state index in [-0.39, 0.29) is 35.8 Å². The van der Waals surface area contributed by atoms with Crippen LogP contribution in [0.2, 0.25) is 0 Å². The summed E-state index contributed by atoms with van der Waals surface area (Å²) in [6, 6.07) is 10.9. The first kappa shape index (κ1) is 20.8. The van der Waals surface area contributed by atoms with Crippen molar-refractivity contribution >= 4 is 29.7 Å². The number of carbonyl (C=O) groups excluding carboxylic acids is 2. The second kappa shape index (κ2) is 9.97. The molecule has 0 saturated heterocycles. The summed E-state index contributed by atoms with van der Waals surface area (Å²) in [7, 11) is 0. The molecule has 2 N–H and O–H groups in total. The predicted octanol–water partition coefficient (Wildman–Crippen LogP) is 3.78. The van der Waals surface area contributed by atoms with Gasteiger partial charge >= 0.3 is 11.9 Å². The van der Waals surface area contributed by atoms with E-state index in [1.54, 1.807) is 44.2 Å². The van der Waals surface area contributed by atoms with Gasteiger partial charge in [0.05, 0.1) is 18.8 Å². The van der Waals surface area contributed by atoms with Crippen LogP contribution in [0.5, 0.6) is 11.5 Å². The van der Waals surface area contributed by atoms with E-state index in [1.807, 2.05) is 0 Å². The Balaban J connectivity index is 2.47. The molecule has 0 saturated carbocycles. The number of carbonyl (C=O) groups is 2. The third kappa shape index (κ3) is 5.74. The molecule has 0 aromatic heterocycles. The average Bonchev–Trinajstić information content (AvgIpc) is 2.67. The highest BCUT2D eigenvalue weighted by Gasteiger charge is 2.17. The first-order valence-electron chi connectivity index (χ1n) is 8.80. The van der Waals surface area contributed by atoms with Gasteiger partial charge in [0.25, 0.3) is 0 Å². The van der Waals surface area contributed by atoms with Crippen LogP contribution in [0.15, 0.2) is 48.5 Å². The molecule has 2 aromatic carbocycles. The smallest absolute Gasteiger partial charge is 0.338 e. The molecule has 0 atom stereocenters. The molecule has 146 valence electrons. The quantitative estimate of drug-likeness (QED) is 0.430. The summed E-state index contributed by atoms with van der Waals surface area (Å²) in [6.45, 7) is 3.85. The Morgan fingerprint density at radius 3 is 2.21 bits per heavy atom. The number of esters is 2. The molecule has 0 bridgehead atoms. The maximum absolute atomic E-state index is 12.5. The first-order valence-corrected chi connectivity index (χ1v) is 8.80. The third-order valence-corrected chi connectivity index (χ3v) is 3.71. The highest BCUT2D eigenvalue weighted by molar-refractivity contribution is 6.22. The van der Waals surface area contributed by atoms with Gasteiger partial charge in [-0.25, -0.2) is 9.59 Å². The SMILES string of the molecule is CCOC(=O)/C=C/c1ccc(O)c(/C(=C\c2ccc(O)cc2)C(=O)OCC)c1. The molecule has 0 aliphatic rings. The van der Waals surface area contributed by atoms with Crippen molar-refractivity contribution in [3.63, 3.8) is 0 Å². The van der Waals surface area contributed by atoms with Crippen molar-refractivity contribution in [2.24, 2.45) is 0 Å². The van der Waals surface area contributed by atoms with Crippen molar-refractivity contribution in [1.29, 1.82) is 0 Å². The maximum Gasteiger partial charge on any atom is 0.338 e. The van der Waals surface area contributed by atoms with E-state index in [9.17, 15) is 19.8 Å². The molecule has 2 aromatic rings. The fraction of sp³-hybridized carbons (Fsp3) is 0.182. The van der Waals surface area contributed by atoms with Gasteiger partial charge in [-0.3, -0.25) is 0 Å². The Kier molecular flexibility index (Phi) is 7.39. The van der Waals surface area contributed by atoms with Gasteiger partial charge in [-0.1, -0.05) is 18.2 Å². The monoisotopic (exact) mass is 382 g/mol. The van der Waals surface area contributed by atoms with Crippen LogP contribution in [0.1, 0.15) is 30.5 Å². The molecule has 0 heterocycles. The van der Waals surface area contributed by atoms with Gasteiger partial charge in [0.15, 0.2) is 0 Å². The number of rotatable bonds is 7. The van der Waals surface area contributed by atoms with Crippen molar-refractivity contribution in [2.75, 3.05) is 13.2 Å². The summed E-state index contributed by atoms with van der Waals surface area (Å²) in [5, 5.41) is 19.7. The second-order valence-corrected chi connectivity index (χ2v) is 5.73. The minimum absolute atomic E-state index is 0.101. The molecule has 28 heavy (non-hydrogen) atoms. The number of phenolic OH excluding ortho intramolecular Hbond substituents is 2. The Morgan fingerprint density at radius 1 is 0.929 bits per heavy atom. The van der Waals surface area contributed by atoms with Crippen molar-refractivity contribution < 1.29 is 29.3 Å². The largest absolute Gasteiger partial charge is 0.508 e. The predicted molar refractivity (Wildman–Crippen MR) is 106 cm³/mol. The summed E-state index contributed by atoms with van der Waals surface area (Å²) >= 11 is 0. The number of hydrogen-bond donors (Lipinski definition) is 2. The normalized spacial score (nSPS) is 11.4. The molecule has 6 heteroatoms. The minimum atomic E-state index is -0.600. The van der Waals surface area contributed by atoms with Crippen molar-refractivity contribution in [1.82, 2.24) is 0 Å². The van der Waals surface area contributed by atoms with Gasteiger partial charge in [-0.15, -0.1) is 0 Å². The van der Waals surface area contributed by atoms with Crippen LogP contribution in [0.4, 0.5) is 0 Å². The Bertz CT molecular complexity index is 894. The van der Waals surface area contributed by atoms with Crippen molar-refractivity contribution in [2.45, 2.75) is 13.8 Å². The molecular weight excluding hydrogens is 360 g/mol. The summed E-state index contributed by atoms with van der Waals surface area (Å²) in [5.74, 6) is -1.09. The van der Waals surface area contributed by atoms with E-state index in [0.717, 1.165) is 0 Å². The Hall–Kier alpha value is -3.54. The molecule has 0 radical (unpaired) electrons. The number of aromatic hydroxyl groups is 2. The van der Waals surface area contributed by atoms with Crippen LogP contribution in [-0.2, 0) is 19.1 Å². The number of phenols is 2. The number of benzene rings is 2. The van der Waals surface area contributed by atoms with Gasteiger partial charge in [-0.05, 0) is 61.4 Å². The molecular formula is C22H22O6. The first-order chi connectivity index (χ1) is 13.4. The summed E-state index contributed by atoms with van der Waals surface area (Å²) in [4.78, 5) is 24.0. The lowest BCUT2D eigenvalue weighted by Crippen LogP contribution is -2.07. The van der Waals surface area contributed by atoms with Crippen LogP contribution in [0.25, 0.3) is 17.7 Å². The number of hydrogen-bond acceptors (Lipinski definition) is 6. The summed E-state index contributed by atoms with van der Waals surface area (Å²) in [5.41, 5.74) is 1.66. The highest BCUT2D eigenvalue weighted by atomic mass is 16.5. The van der Waals surface area contributed by atoms with Gasteiger partial charge < -0.3 is 19.7 Å². The van der Waals surface area contributed by atoms with E-state index in [4.69, 9.17) is 9.47 Å². The molecule has 0 amide bonds. The topological polar surface area (TPSA) is 93.1 Å². The summed E-state index contributed by atoms with van der Waals surface area (Å²) < 4.78 is 9.96. The van der Waals surface area contributed by atoms with E-state index in [0.29, 0.717) is 11.1 Å². The van der Waals surface area contributed by atoms with Crippen molar-refractivity contribution in [3.8, 4) is 11.5 Å². The Labute approximate surface area is 163 Å². The van der Waals surface area contributed by atoms with Crippen LogP contribution in [0, 0.1) is 0 Å². The third-order valence-electron chi connectivity index (χ3n) is 3.71. The molecule has 0 unspecified atom stereocenters. The number of ether oxygens (including phenoxy) is 2. The van der Waals surface area contributed by atoms with E-state index < -0.39 is 11.9 Å². The molecule has 6 nitrogen and oxygen atoms in total. The highest BCUT2D eigenvalue weighted by Crippen LogP contribution is 2.30. The molecule has 0 aliphatic carbocycles. The lowest BCUT2D eigenvalue weighted by atomic mass is 9.99. The lowest BCUT2D eigenvalue weighted by Gasteiger charge is -2.11. The van der Waals surface area contributed by atoms with E-state index in [2.05, 4.69) is 0 Å². The van der Waals surface area contributed by atoms with Crippen LogP contribution < -0.4 is 0 Å². The fourth-order valence-electron chi connectivity index (χ4n) is 2.42. The fourth-order valence-corrected chi connectivity index (χ4v) is 2.42. The standard InChI is InChI=1S/C22H22O6/c1-3-27-21(25)12-8-16-7-11-20(24)18(13-16)19(22(26)28-4-2)14-15-5-9-17(23)10-6-15/h5-14,23-24H,3-4H2,1-2H3/b12-8+,19-14+. The minimum Gasteiger partial charge on any atom is -0.508 e. The Morgan fingerprint density at radius 2 is 1.57 bits per heavy atom. The lowest BCUT2D eigenvalue weighted by molar-refractivity contribution is -0.137. The van der Waals surface area contributed by atoms with E-state index in [1.165, 1.54) is 30.4 Å². The maximum atomic E-state index is 12.5. The summed E-state index contributed by atoms with van der Waals surface area (Å²) in [6.07, 6.45) is 4.36. The van der Waals surface area contributed by atoms with Gasteiger partial charge in [0.1, 0.15) is 11.5 Å². The van der Waals surface area contributed by atoms with E-state index >= 15 is 0 Å². The van der Waals surface area contributed by atoms with Crippen LogP contribution in [0.3, 0.4) is 0 Å². The molecule has 0 spiro atoms. The molecule has 0 fully saturated rings.